The lowest BCUT2D eigenvalue weighted by Crippen LogP contribution is -1.99. The summed E-state index contributed by atoms with van der Waals surface area (Å²) in [7, 11) is 0. The Bertz CT molecular complexity index is 1340. The van der Waals surface area contributed by atoms with Crippen molar-refractivity contribution in [2.24, 2.45) is 5.73 Å². The second-order valence-corrected chi connectivity index (χ2v) is 8.08. The monoisotopic (exact) mass is 421 g/mol. The van der Waals surface area contributed by atoms with Gasteiger partial charge < -0.3 is 15.5 Å². The molecule has 4 heteroatoms. The van der Waals surface area contributed by atoms with E-state index < -0.39 is 0 Å². The van der Waals surface area contributed by atoms with Gasteiger partial charge in [-0.25, -0.2) is 0 Å². The highest BCUT2D eigenvalue weighted by Crippen LogP contribution is 2.36. The molecule has 0 aliphatic rings. The molecule has 0 amide bonds. The first kappa shape index (κ1) is 20.3. The molecule has 0 saturated heterocycles. The van der Waals surface area contributed by atoms with Crippen LogP contribution < -0.4 is 10.5 Å². The highest BCUT2D eigenvalue weighted by Gasteiger charge is 2.16. The predicted molar refractivity (Wildman–Crippen MR) is 132 cm³/mol. The zero-order chi connectivity index (χ0) is 21.8. The third-order valence-corrected chi connectivity index (χ3v) is 5.92. The van der Waals surface area contributed by atoms with Crippen LogP contribution in [0.15, 0.2) is 85.1 Å². The van der Waals surface area contributed by atoms with Gasteiger partial charge in [0.05, 0.1) is 11.2 Å². The Labute approximate surface area is 188 Å². The van der Waals surface area contributed by atoms with E-state index in [4.69, 9.17) is 10.5 Å². The maximum Gasteiger partial charge on any atom is 0.120 e. The van der Waals surface area contributed by atoms with Crippen molar-refractivity contribution < 1.29 is 4.74 Å². The van der Waals surface area contributed by atoms with Gasteiger partial charge in [-0.15, -0.1) is 0 Å². The van der Waals surface area contributed by atoms with E-state index in [1.165, 1.54) is 16.5 Å². The fourth-order valence-electron chi connectivity index (χ4n) is 4.31. The first-order valence-corrected chi connectivity index (χ1v) is 11.2. The van der Waals surface area contributed by atoms with E-state index in [1.807, 2.05) is 36.5 Å². The molecule has 5 aromatic rings. The normalized spacial score (nSPS) is 11.3. The van der Waals surface area contributed by atoms with Crippen LogP contribution in [0, 0.1) is 0 Å². The number of benzene rings is 3. The van der Waals surface area contributed by atoms with Crippen molar-refractivity contribution in [1.82, 2.24) is 9.97 Å². The Balaban J connectivity index is 1.57. The summed E-state index contributed by atoms with van der Waals surface area (Å²) in [6.45, 7) is 1.27. The quantitative estimate of drug-likeness (QED) is 0.291. The third-order valence-electron chi connectivity index (χ3n) is 5.92. The molecule has 2 heterocycles. The molecule has 0 atom stereocenters. The van der Waals surface area contributed by atoms with E-state index in [-0.39, 0.29) is 0 Å². The van der Waals surface area contributed by atoms with Crippen molar-refractivity contribution in [3.8, 4) is 17.0 Å². The smallest absolute Gasteiger partial charge is 0.120 e. The Morgan fingerprint density at radius 3 is 2.62 bits per heavy atom. The van der Waals surface area contributed by atoms with Crippen LogP contribution in [0.3, 0.4) is 0 Å². The standard InChI is InChI=1S/C28H27N3O/c29-16-5-4-10-24-25-18-21(32-19-20-8-2-1-3-9-20)14-15-27(25)31-28(24)23-11-6-13-26-22(23)12-7-17-30-26/h1-3,6-9,11-15,17-18,31H,4-5,10,16,19,29H2. The Morgan fingerprint density at radius 1 is 0.844 bits per heavy atom. The minimum atomic E-state index is 0.557. The molecule has 5 rings (SSSR count). The maximum atomic E-state index is 6.12. The molecule has 0 saturated carbocycles. The van der Waals surface area contributed by atoms with Gasteiger partial charge in [-0.3, -0.25) is 4.98 Å². The van der Waals surface area contributed by atoms with Crippen LogP contribution >= 0.6 is 0 Å². The van der Waals surface area contributed by atoms with Gasteiger partial charge in [0.1, 0.15) is 12.4 Å². The number of unbranched alkanes of at least 4 members (excludes halogenated alkanes) is 1. The fourth-order valence-corrected chi connectivity index (χ4v) is 4.31. The molecule has 0 fully saturated rings. The Morgan fingerprint density at radius 2 is 1.75 bits per heavy atom. The highest BCUT2D eigenvalue weighted by atomic mass is 16.5. The first-order chi connectivity index (χ1) is 15.8. The van der Waals surface area contributed by atoms with Crippen molar-refractivity contribution in [3.05, 3.63) is 96.2 Å². The summed E-state index contributed by atoms with van der Waals surface area (Å²) in [4.78, 5) is 8.23. The minimum absolute atomic E-state index is 0.557. The molecule has 3 aromatic carbocycles. The van der Waals surface area contributed by atoms with E-state index in [0.717, 1.165) is 52.7 Å². The lowest BCUT2D eigenvalue weighted by Gasteiger charge is -2.09. The Hall–Kier alpha value is -3.63. The zero-order valence-corrected chi connectivity index (χ0v) is 18.1. The van der Waals surface area contributed by atoms with Gasteiger partial charge in [-0.2, -0.15) is 0 Å². The van der Waals surface area contributed by atoms with Crippen molar-refractivity contribution in [2.75, 3.05) is 6.54 Å². The van der Waals surface area contributed by atoms with Crippen LogP contribution in [0.2, 0.25) is 0 Å². The SMILES string of the molecule is NCCCCc1c(-c2cccc3ncccc23)[nH]c2ccc(OCc3ccccc3)cc12. The second kappa shape index (κ2) is 9.25. The molecule has 4 nitrogen and oxygen atoms in total. The summed E-state index contributed by atoms with van der Waals surface area (Å²) in [6.07, 6.45) is 4.86. The van der Waals surface area contributed by atoms with Crippen molar-refractivity contribution in [3.63, 3.8) is 0 Å². The molecular formula is C28H27N3O. The minimum Gasteiger partial charge on any atom is -0.489 e. The van der Waals surface area contributed by atoms with E-state index >= 15 is 0 Å². The molecule has 160 valence electrons. The van der Waals surface area contributed by atoms with Crippen LogP contribution in [-0.2, 0) is 13.0 Å². The topological polar surface area (TPSA) is 63.9 Å². The summed E-state index contributed by atoms with van der Waals surface area (Å²) < 4.78 is 6.12. The number of pyridine rings is 1. The lowest BCUT2D eigenvalue weighted by atomic mass is 9.97. The molecule has 0 aliphatic carbocycles. The fraction of sp³-hybridized carbons (Fsp3) is 0.179. The molecule has 32 heavy (non-hydrogen) atoms. The van der Waals surface area contributed by atoms with Crippen LogP contribution in [0.5, 0.6) is 5.75 Å². The molecule has 2 aromatic heterocycles. The number of aryl methyl sites for hydroxylation is 1. The van der Waals surface area contributed by atoms with Crippen LogP contribution in [0.1, 0.15) is 24.0 Å². The second-order valence-electron chi connectivity index (χ2n) is 8.08. The van der Waals surface area contributed by atoms with Gasteiger partial charge >= 0.3 is 0 Å². The predicted octanol–water partition coefficient (Wildman–Crippen LogP) is 6.24. The summed E-state index contributed by atoms with van der Waals surface area (Å²) >= 11 is 0. The number of aromatic amines is 1. The van der Waals surface area contributed by atoms with Gasteiger partial charge in [0, 0.05) is 28.0 Å². The van der Waals surface area contributed by atoms with Crippen molar-refractivity contribution in [1.29, 1.82) is 0 Å². The van der Waals surface area contributed by atoms with E-state index in [9.17, 15) is 0 Å². The number of nitrogens with zero attached hydrogens (tertiary/aromatic N) is 1. The summed E-state index contributed by atoms with van der Waals surface area (Å²) in [5.41, 5.74) is 12.7. The largest absolute Gasteiger partial charge is 0.489 e. The summed E-state index contributed by atoms with van der Waals surface area (Å²) in [6, 6.07) is 27.0. The van der Waals surface area contributed by atoms with Gasteiger partial charge in [0.2, 0.25) is 0 Å². The lowest BCUT2D eigenvalue weighted by molar-refractivity contribution is 0.306. The van der Waals surface area contributed by atoms with Gasteiger partial charge in [0.15, 0.2) is 0 Å². The molecule has 3 N–H and O–H groups in total. The molecular weight excluding hydrogens is 394 g/mol. The average Bonchev–Trinajstić information content (AvgIpc) is 3.21. The van der Waals surface area contributed by atoms with Crippen molar-refractivity contribution >= 4 is 21.8 Å². The highest BCUT2D eigenvalue weighted by molar-refractivity contribution is 5.99. The zero-order valence-electron chi connectivity index (χ0n) is 18.1. The van der Waals surface area contributed by atoms with Crippen LogP contribution in [0.25, 0.3) is 33.1 Å². The Kier molecular flexibility index (Phi) is 5.86. The number of nitrogens with one attached hydrogen (secondary N) is 1. The van der Waals surface area contributed by atoms with Gasteiger partial charge in [-0.05, 0) is 67.3 Å². The molecule has 0 bridgehead atoms. The first-order valence-electron chi connectivity index (χ1n) is 11.2. The van der Waals surface area contributed by atoms with Crippen molar-refractivity contribution in [2.45, 2.75) is 25.9 Å². The average molecular weight is 422 g/mol. The number of ether oxygens (including phenoxy) is 1. The molecule has 0 spiro atoms. The summed E-state index contributed by atoms with van der Waals surface area (Å²) in [5.74, 6) is 0.881. The number of aromatic nitrogens is 2. The molecule has 0 radical (unpaired) electrons. The number of rotatable bonds is 8. The van der Waals surface area contributed by atoms with Gasteiger partial charge in [0.25, 0.3) is 0 Å². The number of hydrogen-bond acceptors (Lipinski definition) is 3. The number of H-pyrrole nitrogens is 1. The molecule has 0 aliphatic heterocycles. The number of fused-ring (bicyclic) bond motifs is 2. The maximum absolute atomic E-state index is 6.12. The van der Waals surface area contributed by atoms with Crippen LogP contribution in [-0.4, -0.2) is 16.5 Å². The van der Waals surface area contributed by atoms with Crippen LogP contribution in [0.4, 0.5) is 0 Å². The number of hydrogen-bond donors (Lipinski definition) is 2. The molecule has 0 unspecified atom stereocenters. The van der Waals surface area contributed by atoms with E-state index in [2.05, 4.69) is 58.5 Å². The number of nitrogens with two attached hydrogens (primary N) is 1. The summed E-state index contributed by atoms with van der Waals surface area (Å²) in [5, 5.41) is 2.37. The third kappa shape index (κ3) is 4.10. The van der Waals surface area contributed by atoms with E-state index in [0.29, 0.717) is 13.2 Å². The van der Waals surface area contributed by atoms with Gasteiger partial charge in [-0.1, -0.05) is 48.5 Å². The van der Waals surface area contributed by atoms with E-state index in [1.54, 1.807) is 0 Å².